The van der Waals surface area contributed by atoms with E-state index in [1.165, 1.54) is 18.0 Å². The zero-order valence-corrected chi connectivity index (χ0v) is 16.0. The van der Waals surface area contributed by atoms with Crippen LogP contribution in [0.4, 0.5) is 5.69 Å². The van der Waals surface area contributed by atoms with Crippen LogP contribution in [0.25, 0.3) is 16.8 Å². The number of benzene rings is 3. The van der Waals surface area contributed by atoms with Crippen molar-refractivity contribution in [2.75, 3.05) is 5.01 Å². The largest absolute Gasteiger partial charge is 0.479 e. The quantitative estimate of drug-likeness (QED) is 0.505. The highest BCUT2D eigenvalue weighted by Crippen LogP contribution is 2.32. The topological polar surface area (TPSA) is 95.9 Å². The third-order valence-corrected chi connectivity index (χ3v) is 4.78. The summed E-state index contributed by atoms with van der Waals surface area (Å²) in [5.74, 6) is -1.90. The molecule has 7 heteroatoms. The molecule has 7 nitrogen and oxygen atoms in total. The number of nitrogens with one attached hydrogen (secondary N) is 1. The van der Waals surface area contributed by atoms with E-state index in [0.717, 1.165) is 10.8 Å². The maximum Gasteiger partial charge on any atom is 0.344 e. The molecule has 3 aromatic rings. The molecule has 1 aliphatic rings. The molecule has 1 aliphatic heterocycles. The lowest BCUT2D eigenvalue weighted by Crippen LogP contribution is -2.35. The summed E-state index contributed by atoms with van der Waals surface area (Å²) in [6.45, 7) is 1.42. The minimum atomic E-state index is -1.12. The van der Waals surface area contributed by atoms with E-state index in [1.807, 2.05) is 30.3 Å². The number of hydrogen-bond donors (Lipinski definition) is 2. The summed E-state index contributed by atoms with van der Waals surface area (Å²) in [5, 5.41) is 12.0. The van der Waals surface area contributed by atoms with Crippen LogP contribution in [0.5, 0.6) is 5.75 Å². The number of hydrogen-bond acceptors (Lipinski definition) is 4. The SMILES string of the molecule is C[C@H](Oc1ccc2ccccc2c1/C=C1/C(=O)NN(c2ccccc2)C1=O)C(=O)O. The summed E-state index contributed by atoms with van der Waals surface area (Å²) < 4.78 is 5.61. The molecule has 0 aliphatic carbocycles. The molecule has 0 aromatic heterocycles. The van der Waals surface area contributed by atoms with E-state index in [0.29, 0.717) is 11.3 Å². The Bertz CT molecular complexity index is 1190. The Kier molecular flexibility index (Phi) is 4.93. The second kappa shape index (κ2) is 7.71. The molecule has 0 saturated carbocycles. The first-order chi connectivity index (χ1) is 14.5. The Balaban J connectivity index is 1.82. The first kappa shape index (κ1) is 19.2. The Labute approximate surface area is 172 Å². The number of carbonyl (C=O) groups excluding carboxylic acids is 2. The monoisotopic (exact) mass is 402 g/mol. The Hall–Kier alpha value is -4.13. The van der Waals surface area contributed by atoms with Gasteiger partial charge < -0.3 is 9.84 Å². The molecule has 0 radical (unpaired) electrons. The van der Waals surface area contributed by atoms with Gasteiger partial charge in [-0.3, -0.25) is 15.0 Å². The molecule has 2 amide bonds. The van der Waals surface area contributed by atoms with Crippen molar-refractivity contribution < 1.29 is 24.2 Å². The number of carboxylic acids is 1. The van der Waals surface area contributed by atoms with Gasteiger partial charge in [0.1, 0.15) is 11.3 Å². The van der Waals surface area contributed by atoms with Gasteiger partial charge >= 0.3 is 5.97 Å². The Morgan fingerprint density at radius 3 is 2.47 bits per heavy atom. The number of hydrazine groups is 1. The van der Waals surface area contributed by atoms with Gasteiger partial charge in [-0.2, -0.15) is 0 Å². The fraction of sp³-hybridized carbons (Fsp3) is 0.0870. The van der Waals surface area contributed by atoms with Crippen molar-refractivity contribution in [3.63, 3.8) is 0 Å². The van der Waals surface area contributed by atoms with Crippen LogP contribution in [0.2, 0.25) is 0 Å². The van der Waals surface area contributed by atoms with Crippen LogP contribution in [0.3, 0.4) is 0 Å². The molecule has 0 spiro atoms. The molecule has 4 rings (SSSR count). The van der Waals surface area contributed by atoms with Gasteiger partial charge in [-0.25, -0.2) is 9.80 Å². The molecular formula is C23H18N2O5. The number of rotatable bonds is 5. The van der Waals surface area contributed by atoms with Crippen LogP contribution in [0, 0.1) is 0 Å². The smallest absolute Gasteiger partial charge is 0.344 e. The standard InChI is InChI=1S/C23H18N2O5/c1-14(23(28)29)30-20-12-11-15-7-5-6-10-17(15)18(20)13-19-21(26)24-25(22(19)27)16-8-3-2-4-9-16/h2-14H,1H3,(H,24,26)(H,28,29)/b19-13-/t14-/m0/s1. The highest BCUT2D eigenvalue weighted by atomic mass is 16.5. The fourth-order valence-corrected chi connectivity index (χ4v) is 3.23. The van der Waals surface area contributed by atoms with Gasteiger partial charge in [0.05, 0.1) is 5.69 Å². The van der Waals surface area contributed by atoms with E-state index in [2.05, 4.69) is 5.43 Å². The van der Waals surface area contributed by atoms with Crippen LogP contribution < -0.4 is 15.2 Å². The number of fused-ring (bicyclic) bond motifs is 1. The number of nitrogens with zero attached hydrogens (tertiary/aromatic N) is 1. The number of carbonyl (C=O) groups is 3. The number of amides is 2. The molecule has 150 valence electrons. The third-order valence-electron chi connectivity index (χ3n) is 4.78. The molecular weight excluding hydrogens is 384 g/mol. The summed E-state index contributed by atoms with van der Waals surface area (Å²) in [6.07, 6.45) is 0.351. The van der Waals surface area contributed by atoms with Crippen molar-refractivity contribution in [1.82, 2.24) is 5.43 Å². The molecule has 30 heavy (non-hydrogen) atoms. The maximum atomic E-state index is 12.9. The Morgan fingerprint density at radius 1 is 1.03 bits per heavy atom. The third kappa shape index (κ3) is 3.48. The predicted molar refractivity (Wildman–Crippen MR) is 112 cm³/mol. The number of carboxylic acid groups (broad SMARTS) is 1. The highest BCUT2D eigenvalue weighted by molar-refractivity contribution is 6.32. The summed E-state index contributed by atoms with van der Waals surface area (Å²) in [7, 11) is 0. The fourth-order valence-electron chi connectivity index (χ4n) is 3.23. The minimum Gasteiger partial charge on any atom is -0.479 e. The molecule has 2 N–H and O–H groups in total. The van der Waals surface area contributed by atoms with Gasteiger partial charge in [0.25, 0.3) is 11.8 Å². The van der Waals surface area contributed by atoms with Crippen LogP contribution >= 0.6 is 0 Å². The molecule has 0 bridgehead atoms. The lowest BCUT2D eigenvalue weighted by Gasteiger charge is -2.15. The van der Waals surface area contributed by atoms with Crippen LogP contribution in [-0.2, 0) is 14.4 Å². The van der Waals surface area contributed by atoms with Crippen molar-refractivity contribution in [3.8, 4) is 5.75 Å². The van der Waals surface area contributed by atoms with Gasteiger partial charge in [0.2, 0.25) is 0 Å². The molecule has 3 aromatic carbocycles. The van der Waals surface area contributed by atoms with E-state index >= 15 is 0 Å². The van der Waals surface area contributed by atoms with E-state index in [4.69, 9.17) is 4.74 Å². The summed E-state index contributed by atoms with van der Waals surface area (Å²) >= 11 is 0. The van der Waals surface area contributed by atoms with Gasteiger partial charge in [0.15, 0.2) is 6.10 Å². The van der Waals surface area contributed by atoms with Gasteiger partial charge in [-0.15, -0.1) is 0 Å². The lowest BCUT2D eigenvalue weighted by atomic mass is 10.0. The highest BCUT2D eigenvalue weighted by Gasteiger charge is 2.34. The van der Waals surface area contributed by atoms with Gasteiger partial charge in [-0.1, -0.05) is 48.5 Å². The van der Waals surface area contributed by atoms with Crippen LogP contribution in [0.15, 0.2) is 72.3 Å². The van der Waals surface area contributed by atoms with Crippen LogP contribution in [0.1, 0.15) is 12.5 Å². The van der Waals surface area contributed by atoms with Gasteiger partial charge in [0, 0.05) is 5.56 Å². The second-order valence-electron chi connectivity index (χ2n) is 6.77. The van der Waals surface area contributed by atoms with Crippen molar-refractivity contribution in [2.24, 2.45) is 0 Å². The Morgan fingerprint density at radius 2 is 1.73 bits per heavy atom. The summed E-state index contributed by atoms with van der Waals surface area (Å²) in [4.78, 5) is 36.8. The normalized spacial score (nSPS) is 16.0. The average molecular weight is 402 g/mol. The van der Waals surface area contributed by atoms with Gasteiger partial charge in [-0.05, 0) is 42.0 Å². The molecule has 1 fully saturated rings. The number of para-hydroxylation sites is 1. The zero-order valence-electron chi connectivity index (χ0n) is 16.0. The predicted octanol–water partition coefficient (Wildman–Crippen LogP) is 3.15. The van der Waals surface area contributed by atoms with Crippen molar-refractivity contribution in [3.05, 3.63) is 77.9 Å². The molecule has 1 atom stereocenters. The molecule has 1 heterocycles. The first-order valence-corrected chi connectivity index (χ1v) is 9.29. The first-order valence-electron chi connectivity index (χ1n) is 9.29. The number of anilines is 1. The van der Waals surface area contributed by atoms with Crippen molar-refractivity contribution >= 4 is 40.3 Å². The lowest BCUT2D eigenvalue weighted by molar-refractivity contribution is -0.144. The van der Waals surface area contributed by atoms with E-state index in [1.54, 1.807) is 36.4 Å². The van der Waals surface area contributed by atoms with E-state index in [9.17, 15) is 19.5 Å². The average Bonchev–Trinajstić information content (AvgIpc) is 3.04. The van der Waals surface area contributed by atoms with Crippen LogP contribution in [-0.4, -0.2) is 29.0 Å². The summed E-state index contributed by atoms with van der Waals surface area (Å²) in [6, 6.07) is 19.6. The van der Waals surface area contributed by atoms with E-state index in [-0.39, 0.29) is 11.3 Å². The van der Waals surface area contributed by atoms with E-state index < -0.39 is 23.9 Å². The van der Waals surface area contributed by atoms with Crippen molar-refractivity contribution in [2.45, 2.75) is 13.0 Å². The number of ether oxygens (including phenoxy) is 1. The minimum absolute atomic E-state index is 0.0666. The second-order valence-corrected chi connectivity index (χ2v) is 6.77. The zero-order chi connectivity index (χ0) is 21.3. The van der Waals surface area contributed by atoms with Crippen molar-refractivity contribution in [1.29, 1.82) is 0 Å². The summed E-state index contributed by atoms with van der Waals surface area (Å²) in [5.41, 5.74) is 3.49. The molecule has 0 unspecified atom stereocenters. The molecule has 1 saturated heterocycles. The number of aliphatic carboxylic acids is 1. The maximum absolute atomic E-state index is 12.9.